The second-order valence-electron chi connectivity index (χ2n) is 5.83. The van der Waals surface area contributed by atoms with E-state index in [1.54, 1.807) is 36.4 Å². The maximum absolute atomic E-state index is 12.2. The first-order chi connectivity index (χ1) is 13.1. The van der Waals surface area contributed by atoms with Crippen LogP contribution in [0.25, 0.3) is 11.7 Å². The van der Waals surface area contributed by atoms with Crippen molar-refractivity contribution in [2.75, 3.05) is 6.54 Å². The van der Waals surface area contributed by atoms with Gasteiger partial charge < -0.3 is 14.3 Å². The summed E-state index contributed by atoms with van der Waals surface area (Å²) in [5.41, 5.74) is 0.723. The lowest BCUT2D eigenvalue weighted by Gasteiger charge is -2.13. The van der Waals surface area contributed by atoms with Crippen molar-refractivity contribution in [3.63, 3.8) is 0 Å². The number of carbonyl (C=O) groups is 3. The molecule has 0 saturated heterocycles. The van der Waals surface area contributed by atoms with Crippen molar-refractivity contribution < 1.29 is 23.3 Å². The van der Waals surface area contributed by atoms with E-state index in [4.69, 9.17) is 8.94 Å². The van der Waals surface area contributed by atoms with Crippen molar-refractivity contribution in [1.29, 1.82) is 0 Å². The predicted octanol–water partition coefficient (Wildman–Crippen LogP) is 1.63. The number of imide groups is 1. The van der Waals surface area contributed by atoms with E-state index >= 15 is 0 Å². The summed E-state index contributed by atoms with van der Waals surface area (Å²) in [6.07, 6.45) is 1.47. The number of aromatic nitrogens is 2. The first kappa shape index (κ1) is 16.7. The number of amides is 3. The molecule has 4 rings (SSSR count). The summed E-state index contributed by atoms with van der Waals surface area (Å²) in [7, 11) is 0. The standard InChI is InChI=1S/C18H14N4O5/c23-15(19-10-14-20-16(27-21-14)13-6-3-9-26-13)7-8-22-17(24)11-4-1-2-5-12(11)18(22)25/h1-6,9H,7-8,10H2,(H,19,23). The van der Waals surface area contributed by atoms with E-state index in [-0.39, 0.29) is 48.9 Å². The van der Waals surface area contributed by atoms with Gasteiger partial charge in [0, 0.05) is 13.0 Å². The quantitative estimate of drug-likeness (QED) is 0.659. The Kier molecular flexibility index (Phi) is 4.25. The Labute approximate surface area is 153 Å². The lowest BCUT2D eigenvalue weighted by atomic mass is 10.1. The van der Waals surface area contributed by atoms with Crippen LogP contribution in [0.15, 0.2) is 51.6 Å². The molecule has 2 aromatic heterocycles. The molecule has 0 unspecified atom stereocenters. The van der Waals surface area contributed by atoms with E-state index in [2.05, 4.69) is 15.5 Å². The fraction of sp³-hybridized carbons (Fsp3) is 0.167. The first-order valence-corrected chi connectivity index (χ1v) is 8.22. The minimum Gasteiger partial charge on any atom is -0.459 e. The zero-order chi connectivity index (χ0) is 18.8. The average Bonchev–Trinajstić information content (AvgIpc) is 3.41. The van der Waals surface area contributed by atoms with Crippen LogP contribution in [0.1, 0.15) is 33.0 Å². The SMILES string of the molecule is O=C(CCN1C(=O)c2ccccc2C1=O)NCc1noc(-c2ccco2)n1. The highest BCUT2D eigenvalue weighted by Crippen LogP contribution is 2.22. The van der Waals surface area contributed by atoms with Gasteiger partial charge in [-0.25, -0.2) is 0 Å². The van der Waals surface area contributed by atoms with Gasteiger partial charge in [-0.05, 0) is 24.3 Å². The molecule has 9 heteroatoms. The normalized spacial score (nSPS) is 13.1. The van der Waals surface area contributed by atoms with Gasteiger partial charge in [0.25, 0.3) is 17.7 Å². The molecular weight excluding hydrogens is 352 g/mol. The van der Waals surface area contributed by atoms with Crippen LogP contribution < -0.4 is 5.32 Å². The maximum atomic E-state index is 12.2. The molecule has 1 aromatic carbocycles. The molecule has 0 atom stereocenters. The van der Waals surface area contributed by atoms with Crippen molar-refractivity contribution in [2.45, 2.75) is 13.0 Å². The molecule has 0 radical (unpaired) electrons. The van der Waals surface area contributed by atoms with E-state index < -0.39 is 0 Å². The zero-order valence-corrected chi connectivity index (χ0v) is 14.0. The predicted molar refractivity (Wildman–Crippen MR) is 90.3 cm³/mol. The second-order valence-corrected chi connectivity index (χ2v) is 5.83. The van der Waals surface area contributed by atoms with Crippen molar-refractivity contribution >= 4 is 17.7 Å². The van der Waals surface area contributed by atoms with Gasteiger partial charge in [-0.1, -0.05) is 17.3 Å². The fourth-order valence-corrected chi connectivity index (χ4v) is 2.75. The lowest BCUT2D eigenvalue weighted by Crippen LogP contribution is -2.34. The third-order valence-corrected chi connectivity index (χ3v) is 4.08. The van der Waals surface area contributed by atoms with E-state index in [0.717, 1.165) is 4.90 Å². The van der Waals surface area contributed by atoms with Crippen LogP contribution in [0, 0.1) is 0 Å². The topological polar surface area (TPSA) is 119 Å². The molecule has 0 saturated carbocycles. The maximum Gasteiger partial charge on any atom is 0.293 e. The molecule has 1 aliphatic rings. The monoisotopic (exact) mass is 366 g/mol. The Balaban J connectivity index is 1.30. The van der Waals surface area contributed by atoms with E-state index in [9.17, 15) is 14.4 Å². The number of hydrogen-bond donors (Lipinski definition) is 1. The fourth-order valence-electron chi connectivity index (χ4n) is 2.75. The average molecular weight is 366 g/mol. The van der Waals surface area contributed by atoms with Crippen LogP contribution in [0.3, 0.4) is 0 Å². The first-order valence-electron chi connectivity index (χ1n) is 8.22. The van der Waals surface area contributed by atoms with Crippen LogP contribution >= 0.6 is 0 Å². The Morgan fingerprint density at radius 3 is 2.48 bits per heavy atom. The number of hydrogen-bond acceptors (Lipinski definition) is 7. The molecular formula is C18H14N4O5. The number of fused-ring (bicyclic) bond motifs is 1. The Bertz CT molecular complexity index is 973. The van der Waals surface area contributed by atoms with Gasteiger partial charge in [0.2, 0.25) is 5.91 Å². The summed E-state index contributed by atoms with van der Waals surface area (Å²) < 4.78 is 10.2. The van der Waals surface area contributed by atoms with E-state index in [1.165, 1.54) is 6.26 Å². The molecule has 9 nitrogen and oxygen atoms in total. The molecule has 1 aliphatic heterocycles. The minimum atomic E-state index is -0.385. The van der Waals surface area contributed by atoms with Crippen molar-refractivity contribution in [1.82, 2.24) is 20.4 Å². The summed E-state index contributed by atoms with van der Waals surface area (Å²) in [6.45, 7) is 0.0627. The number of rotatable bonds is 6. The van der Waals surface area contributed by atoms with Gasteiger partial charge in [0.1, 0.15) is 0 Å². The highest BCUT2D eigenvalue weighted by Gasteiger charge is 2.34. The van der Waals surface area contributed by atoms with Crippen molar-refractivity contribution in [2.24, 2.45) is 0 Å². The summed E-state index contributed by atoms with van der Waals surface area (Å²) >= 11 is 0. The molecule has 27 heavy (non-hydrogen) atoms. The summed E-state index contributed by atoms with van der Waals surface area (Å²) in [4.78, 5) is 41.7. The van der Waals surface area contributed by atoms with E-state index in [0.29, 0.717) is 16.9 Å². The second kappa shape index (κ2) is 6.87. The van der Waals surface area contributed by atoms with Gasteiger partial charge >= 0.3 is 0 Å². The Hall–Kier alpha value is -3.75. The lowest BCUT2D eigenvalue weighted by molar-refractivity contribution is -0.121. The number of benzene rings is 1. The van der Waals surface area contributed by atoms with Crippen LogP contribution in [0.2, 0.25) is 0 Å². The molecule has 1 N–H and O–H groups in total. The van der Waals surface area contributed by atoms with Crippen LogP contribution in [0.5, 0.6) is 0 Å². The highest BCUT2D eigenvalue weighted by atomic mass is 16.5. The summed E-state index contributed by atoms with van der Waals surface area (Å²) in [6, 6.07) is 9.97. The van der Waals surface area contributed by atoms with Gasteiger partial charge in [-0.15, -0.1) is 0 Å². The molecule has 3 amide bonds. The van der Waals surface area contributed by atoms with Gasteiger partial charge in [0.15, 0.2) is 11.6 Å². The number of nitrogens with one attached hydrogen (secondary N) is 1. The van der Waals surface area contributed by atoms with Crippen LogP contribution in [-0.4, -0.2) is 39.3 Å². The zero-order valence-electron chi connectivity index (χ0n) is 14.0. The smallest absolute Gasteiger partial charge is 0.293 e. The third kappa shape index (κ3) is 3.22. The molecule has 3 aromatic rings. The third-order valence-electron chi connectivity index (χ3n) is 4.08. The van der Waals surface area contributed by atoms with Gasteiger partial charge in [-0.2, -0.15) is 4.98 Å². The van der Waals surface area contributed by atoms with Crippen LogP contribution in [0.4, 0.5) is 0 Å². The summed E-state index contributed by atoms with van der Waals surface area (Å²) in [5.74, 6) is -0.165. The van der Waals surface area contributed by atoms with E-state index in [1.807, 2.05) is 0 Å². The molecule has 0 bridgehead atoms. The molecule has 0 fully saturated rings. The summed E-state index contributed by atoms with van der Waals surface area (Å²) in [5, 5.41) is 6.38. The highest BCUT2D eigenvalue weighted by molar-refractivity contribution is 6.21. The van der Waals surface area contributed by atoms with Crippen molar-refractivity contribution in [3.8, 4) is 11.7 Å². The minimum absolute atomic E-state index is 0.00205. The van der Waals surface area contributed by atoms with Crippen LogP contribution in [-0.2, 0) is 11.3 Å². The molecule has 0 spiro atoms. The van der Waals surface area contributed by atoms with Gasteiger partial charge in [0.05, 0.1) is 23.9 Å². The Morgan fingerprint density at radius 1 is 1.07 bits per heavy atom. The largest absolute Gasteiger partial charge is 0.459 e. The van der Waals surface area contributed by atoms with Crippen molar-refractivity contribution in [3.05, 3.63) is 59.6 Å². The Morgan fingerprint density at radius 2 is 1.81 bits per heavy atom. The molecule has 0 aliphatic carbocycles. The number of furan rings is 1. The number of nitrogens with zero attached hydrogens (tertiary/aromatic N) is 3. The molecule has 3 heterocycles. The number of carbonyl (C=O) groups excluding carboxylic acids is 3. The molecule has 136 valence electrons. The van der Waals surface area contributed by atoms with Gasteiger partial charge in [-0.3, -0.25) is 19.3 Å².